The summed E-state index contributed by atoms with van der Waals surface area (Å²) in [6.45, 7) is 2.97. The van der Waals surface area contributed by atoms with Crippen molar-refractivity contribution < 1.29 is 0 Å². The fraction of sp³-hybridized carbons (Fsp3) is 0.400. The highest BCUT2D eigenvalue weighted by Crippen LogP contribution is 2.26. The van der Waals surface area contributed by atoms with E-state index in [-0.39, 0.29) is 6.04 Å². The van der Waals surface area contributed by atoms with Crippen molar-refractivity contribution in [2.24, 2.45) is 0 Å². The Morgan fingerprint density at radius 1 is 1.25 bits per heavy atom. The van der Waals surface area contributed by atoms with E-state index in [9.17, 15) is 0 Å². The first kappa shape index (κ1) is 15.4. The number of rotatable bonds is 6. The SMILES string of the molecule is CCn1cc(CC(Cc2c(Cl)cccc2Cl)NC)cn1. The quantitative estimate of drug-likeness (QED) is 0.883. The van der Waals surface area contributed by atoms with Gasteiger partial charge in [0.1, 0.15) is 0 Å². The summed E-state index contributed by atoms with van der Waals surface area (Å²) in [4.78, 5) is 0. The van der Waals surface area contributed by atoms with Crippen LogP contribution in [0.15, 0.2) is 30.6 Å². The number of aromatic nitrogens is 2. The van der Waals surface area contributed by atoms with Gasteiger partial charge in [-0.2, -0.15) is 5.10 Å². The van der Waals surface area contributed by atoms with E-state index in [0.29, 0.717) is 0 Å². The molecule has 1 heterocycles. The van der Waals surface area contributed by atoms with Gasteiger partial charge in [0, 0.05) is 28.8 Å². The van der Waals surface area contributed by atoms with Crippen LogP contribution in [-0.4, -0.2) is 22.9 Å². The van der Waals surface area contributed by atoms with Gasteiger partial charge >= 0.3 is 0 Å². The molecule has 5 heteroatoms. The Morgan fingerprint density at radius 2 is 1.95 bits per heavy atom. The molecule has 0 saturated heterocycles. The third-order valence-electron chi connectivity index (χ3n) is 3.41. The normalized spacial score (nSPS) is 12.6. The summed E-state index contributed by atoms with van der Waals surface area (Å²) >= 11 is 12.5. The van der Waals surface area contributed by atoms with Gasteiger partial charge in [-0.15, -0.1) is 0 Å². The molecular weight excluding hydrogens is 293 g/mol. The zero-order valence-electron chi connectivity index (χ0n) is 11.7. The topological polar surface area (TPSA) is 29.9 Å². The number of aryl methyl sites for hydroxylation is 1. The van der Waals surface area contributed by atoms with E-state index in [1.165, 1.54) is 5.56 Å². The van der Waals surface area contributed by atoms with Gasteiger partial charge < -0.3 is 5.32 Å². The predicted molar refractivity (Wildman–Crippen MR) is 84.6 cm³/mol. The summed E-state index contributed by atoms with van der Waals surface area (Å²) in [5.41, 5.74) is 2.22. The van der Waals surface area contributed by atoms with Crippen LogP contribution in [0.1, 0.15) is 18.1 Å². The molecule has 3 nitrogen and oxygen atoms in total. The van der Waals surface area contributed by atoms with Crippen LogP contribution in [0, 0.1) is 0 Å². The maximum atomic E-state index is 6.23. The number of likely N-dealkylation sites (N-methyl/N-ethyl adjacent to an activating group) is 1. The van der Waals surface area contributed by atoms with E-state index in [0.717, 1.165) is 35.0 Å². The Balaban J connectivity index is 2.09. The fourth-order valence-corrected chi connectivity index (χ4v) is 2.77. The third kappa shape index (κ3) is 3.75. The molecule has 1 atom stereocenters. The zero-order chi connectivity index (χ0) is 14.5. The molecule has 0 spiro atoms. The zero-order valence-corrected chi connectivity index (χ0v) is 13.2. The molecule has 2 rings (SSSR count). The third-order valence-corrected chi connectivity index (χ3v) is 4.12. The lowest BCUT2D eigenvalue weighted by atomic mass is 10.0. The lowest BCUT2D eigenvalue weighted by Crippen LogP contribution is -2.30. The first-order valence-corrected chi connectivity index (χ1v) is 7.51. The number of hydrogen-bond acceptors (Lipinski definition) is 2. The molecule has 1 aromatic heterocycles. The summed E-state index contributed by atoms with van der Waals surface area (Å²) in [6.07, 6.45) is 5.70. The van der Waals surface area contributed by atoms with Crippen molar-refractivity contribution in [1.82, 2.24) is 15.1 Å². The van der Waals surface area contributed by atoms with Crippen LogP contribution in [0.5, 0.6) is 0 Å². The van der Waals surface area contributed by atoms with Gasteiger partial charge in [0.15, 0.2) is 0 Å². The maximum Gasteiger partial charge on any atom is 0.0522 e. The lowest BCUT2D eigenvalue weighted by molar-refractivity contribution is 0.556. The van der Waals surface area contributed by atoms with Crippen LogP contribution in [0.3, 0.4) is 0 Å². The van der Waals surface area contributed by atoms with Crippen LogP contribution < -0.4 is 5.32 Å². The van der Waals surface area contributed by atoms with Crippen LogP contribution in [-0.2, 0) is 19.4 Å². The predicted octanol–water partition coefficient (Wildman–Crippen LogP) is 3.58. The molecule has 1 N–H and O–H groups in total. The molecule has 0 radical (unpaired) electrons. The molecule has 1 unspecified atom stereocenters. The molecule has 2 aromatic rings. The van der Waals surface area contributed by atoms with E-state index in [4.69, 9.17) is 23.2 Å². The van der Waals surface area contributed by atoms with Gasteiger partial charge in [0.2, 0.25) is 0 Å². The largest absolute Gasteiger partial charge is 0.316 e. The Hall–Kier alpha value is -1.03. The van der Waals surface area contributed by atoms with Crippen molar-refractivity contribution in [3.63, 3.8) is 0 Å². The number of halogens is 2. The van der Waals surface area contributed by atoms with Gasteiger partial charge in [0.05, 0.1) is 6.20 Å². The van der Waals surface area contributed by atoms with Gasteiger partial charge in [-0.25, -0.2) is 0 Å². The Bertz CT molecular complexity index is 546. The minimum absolute atomic E-state index is 0.280. The molecule has 0 amide bonds. The van der Waals surface area contributed by atoms with Crippen LogP contribution >= 0.6 is 23.2 Å². The number of benzene rings is 1. The van der Waals surface area contributed by atoms with Crippen molar-refractivity contribution in [3.05, 3.63) is 51.8 Å². The van der Waals surface area contributed by atoms with E-state index >= 15 is 0 Å². The van der Waals surface area contributed by atoms with Crippen molar-refractivity contribution in [2.45, 2.75) is 32.4 Å². The highest BCUT2D eigenvalue weighted by atomic mass is 35.5. The Morgan fingerprint density at radius 3 is 2.50 bits per heavy atom. The highest BCUT2D eigenvalue weighted by molar-refractivity contribution is 6.36. The van der Waals surface area contributed by atoms with Gasteiger partial charge in [0.25, 0.3) is 0 Å². The van der Waals surface area contributed by atoms with Crippen molar-refractivity contribution in [2.75, 3.05) is 7.05 Å². The first-order chi connectivity index (χ1) is 9.63. The van der Waals surface area contributed by atoms with Gasteiger partial charge in [-0.3, -0.25) is 4.68 Å². The van der Waals surface area contributed by atoms with Crippen LogP contribution in [0.4, 0.5) is 0 Å². The van der Waals surface area contributed by atoms with E-state index in [2.05, 4.69) is 23.5 Å². The van der Waals surface area contributed by atoms with Crippen molar-refractivity contribution in [1.29, 1.82) is 0 Å². The molecule has 0 aliphatic heterocycles. The lowest BCUT2D eigenvalue weighted by Gasteiger charge is -2.17. The smallest absolute Gasteiger partial charge is 0.0522 e. The minimum Gasteiger partial charge on any atom is -0.316 e. The van der Waals surface area contributed by atoms with E-state index in [1.54, 1.807) is 0 Å². The van der Waals surface area contributed by atoms with Gasteiger partial charge in [-0.1, -0.05) is 29.3 Å². The number of nitrogens with zero attached hydrogens (tertiary/aromatic N) is 2. The fourth-order valence-electron chi connectivity index (χ4n) is 2.22. The molecule has 0 aliphatic carbocycles. The minimum atomic E-state index is 0.280. The maximum absolute atomic E-state index is 6.23. The van der Waals surface area contributed by atoms with Gasteiger partial charge in [-0.05, 0) is 50.1 Å². The second-order valence-corrected chi connectivity index (χ2v) is 5.61. The van der Waals surface area contributed by atoms with Crippen molar-refractivity contribution in [3.8, 4) is 0 Å². The molecular formula is C15H19Cl2N3. The Kier molecular flexibility index (Phi) is 5.46. The highest BCUT2D eigenvalue weighted by Gasteiger charge is 2.14. The van der Waals surface area contributed by atoms with E-state index in [1.807, 2.05) is 36.1 Å². The van der Waals surface area contributed by atoms with E-state index < -0.39 is 0 Å². The number of nitrogens with one attached hydrogen (secondary N) is 1. The molecule has 108 valence electrons. The summed E-state index contributed by atoms with van der Waals surface area (Å²) in [5, 5.41) is 9.08. The molecule has 20 heavy (non-hydrogen) atoms. The first-order valence-electron chi connectivity index (χ1n) is 6.75. The average Bonchev–Trinajstić information content (AvgIpc) is 2.89. The molecule has 1 aromatic carbocycles. The standard InChI is InChI=1S/C15H19Cl2N3/c1-3-20-10-11(9-19-20)7-12(18-2)8-13-14(16)5-4-6-15(13)17/h4-6,9-10,12,18H,3,7-8H2,1-2H3. The average molecular weight is 312 g/mol. The molecule has 0 fully saturated rings. The summed E-state index contributed by atoms with van der Waals surface area (Å²) in [6, 6.07) is 5.91. The van der Waals surface area contributed by atoms with Crippen molar-refractivity contribution >= 4 is 23.2 Å². The second-order valence-electron chi connectivity index (χ2n) is 4.80. The van der Waals surface area contributed by atoms with Crippen LogP contribution in [0.2, 0.25) is 10.0 Å². The Labute approximate surface area is 129 Å². The summed E-state index contributed by atoms with van der Waals surface area (Å²) in [7, 11) is 1.96. The molecule has 0 aliphatic rings. The number of hydrogen-bond donors (Lipinski definition) is 1. The summed E-state index contributed by atoms with van der Waals surface area (Å²) < 4.78 is 1.94. The molecule has 0 bridgehead atoms. The monoisotopic (exact) mass is 311 g/mol. The van der Waals surface area contributed by atoms with Crippen LogP contribution in [0.25, 0.3) is 0 Å². The summed E-state index contributed by atoms with van der Waals surface area (Å²) in [5.74, 6) is 0. The molecule has 0 saturated carbocycles. The second kappa shape index (κ2) is 7.11.